The molecule has 0 saturated carbocycles. The van der Waals surface area contributed by atoms with Crippen LogP contribution in [0.4, 0.5) is 18.9 Å². The molecule has 0 radical (unpaired) electrons. The van der Waals surface area contributed by atoms with Gasteiger partial charge in [0.05, 0.1) is 24.5 Å². The van der Waals surface area contributed by atoms with Crippen molar-refractivity contribution < 1.29 is 32.2 Å². The molecule has 146 valence electrons. The Morgan fingerprint density at radius 2 is 1.96 bits per heavy atom. The molecule has 0 aliphatic rings. The molecule has 1 aromatic heterocycles. The SMILES string of the molecule is CCOc1ncccc1C(=O)Nc1cc(C(F)(F)F)ccc1OCCOC. The highest BCUT2D eigenvalue weighted by atomic mass is 19.4. The lowest BCUT2D eigenvalue weighted by molar-refractivity contribution is -0.137. The molecule has 0 spiro atoms. The third kappa shape index (κ3) is 5.58. The van der Waals surface area contributed by atoms with Crippen molar-refractivity contribution in [3.05, 3.63) is 47.7 Å². The van der Waals surface area contributed by atoms with Gasteiger partial charge in [0.2, 0.25) is 5.88 Å². The van der Waals surface area contributed by atoms with Gasteiger partial charge in [0.1, 0.15) is 17.9 Å². The molecule has 1 heterocycles. The summed E-state index contributed by atoms with van der Waals surface area (Å²) in [5.74, 6) is -0.482. The van der Waals surface area contributed by atoms with Crippen LogP contribution in [0, 0.1) is 0 Å². The van der Waals surface area contributed by atoms with Crippen molar-refractivity contribution in [2.24, 2.45) is 0 Å². The molecule has 0 atom stereocenters. The smallest absolute Gasteiger partial charge is 0.416 e. The average molecular weight is 384 g/mol. The number of pyridine rings is 1. The minimum Gasteiger partial charge on any atom is -0.489 e. The van der Waals surface area contributed by atoms with E-state index in [0.29, 0.717) is 0 Å². The lowest BCUT2D eigenvalue weighted by atomic mass is 10.1. The van der Waals surface area contributed by atoms with Gasteiger partial charge in [-0.05, 0) is 37.3 Å². The Hall–Kier alpha value is -2.81. The molecule has 2 aromatic rings. The Balaban J connectivity index is 2.32. The van der Waals surface area contributed by atoms with Crippen molar-refractivity contribution in [3.8, 4) is 11.6 Å². The highest BCUT2D eigenvalue weighted by molar-refractivity contribution is 6.06. The van der Waals surface area contributed by atoms with Crippen LogP contribution in [0.5, 0.6) is 11.6 Å². The highest BCUT2D eigenvalue weighted by Crippen LogP contribution is 2.35. The topological polar surface area (TPSA) is 69.7 Å². The number of carbonyl (C=O) groups is 1. The van der Waals surface area contributed by atoms with Crippen molar-refractivity contribution >= 4 is 11.6 Å². The molecule has 0 aliphatic carbocycles. The fraction of sp³-hybridized carbons (Fsp3) is 0.333. The minimum absolute atomic E-state index is 0.0892. The molecule has 0 bridgehead atoms. The van der Waals surface area contributed by atoms with Crippen LogP contribution in [0.15, 0.2) is 36.5 Å². The summed E-state index contributed by atoms with van der Waals surface area (Å²) >= 11 is 0. The normalized spacial score (nSPS) is 11.1. The van der Waals surface area contributed by atoms with Crippen LogP contribution in [0.1, 0.15) is 22.8 Å². The molecule has 1 N–H and O–H groups in total. The first kappa shape index (κ1) is 20.5. The molecule has 9 heteroatoms. The Labute approximate surface area is 154 Å². The van der Waals surface area contributed by atoms with Gasteiger partial charge in [-0.3, -0.25) is 4.79 Å². The molecule has 0 saturated heterocycles. The Morgan fingerprint density at radius 3 is 2.63 bits per heavy atom. The number of amides is 1. The van der Waals surface area contributed by atoms with Crippen molar-refractivity contribution in [2.75, 3.05) is 32.2 Å². The van der Waals surface area contributed by atoms with E-state index in [-0.39, 0.29) is 42.7 Å². The second-order valence-corrected chi connectivity index (χ2v) is 5.29. The Kier molecular flexibility index (Phi) is 7.00. The molecule has 2 rings (SSSR count). The van der Waals surface area contributed by atoms with E-state index >= 15 is 0 Å². The molecular formula is C18H19F3N2O4. The van der Waals surface area contributed by atoms with Crippen molar-refractivity contribution in [3.63, 3.8) is 0 Å². The maximum absolute atomic E-state index is 13.0. The number of anilines is 1. The molecule has 0 aliphatic heterocycles. The van der Waals surface area contributed by atoms with E-state index < -0.39 is 17.6 Å². The van der Waals surface area contributed by atoms with Gasteiger partial charge in [0, 0.05) is 13.3 Å². The van der Waals surface area contributed by atoms with E-state index in [1.165, 1.54) is 25.4 Å². The summed E-state index contributed by atoms with van der Waals surface area (Å²) in [5.41, 5.74) is -0.926. The highest BCUT2D eigenvalue weighted by Gasteiger charge is 2.31. The van der Waals surface area contributed by atoms with E-state index in [4.69, 9.17) is 14.2 Å². The zero-order valence-electron chi connectivity index (χ0n) is 14.8. The number of ether oxygens (including phenoxy) is 3. The second kappa shape index (κ2) is 9.22. The number of alkyl halides is 3. The maximum atomic E-state index is 13.0. The monoisotopic (exact) mass is 384 g/mol. The van der Waals surface area contributed by atoms with Crippen molar-refractivity contribution in [1.29, 1.82) is 0 Å². The van der Waals surface area contributed by atoms with E-state index in [9.17, 15) is 18.0 Å². The molecular weight excluding hydrogens is 365 g/mol. The molecule has 6 nitrogen and oxygen atoms in total. The third-order valence-electron chi connectivity index (χ3n) is 3.40. The number of benzene rings is 1. The zero-order valence-corrected chi connectivity index (χ0v) is 14.8. The van der Waals surface area contributed by atoms with Gasteiger partial charge < -0.3 is 19.5 Å². The van der Waals surface area contributed by atoms with Gasteiger partial charge in [0.25, 0.3) is 5.91 Å². The van der Waals surface area contributed by atoms with Crippen LogP contribution in [0.3, 0.4) is 0 Å². The van der Waals surface area contributed by atoms with E-state index in [1.54, 1.807) is 6.92 Å². The van der Waals surface area contributed by atoms with Crippen molar-refractivity contribution in [2.45, 2.75) is 13.1 Å². The number of hydrogen-bond donors (Lipinski definition) is 1. The number of rotatable bonds is 8. The molecule has 27 heavy (non-hydrogen) atoms. The zero-order chi connectivity index (χ0) is 19.9. The number of nitrogens with zero attached hydrogens (tertiary/aromatic N) is 1. The summed E-state index contributed by atoms with van der Waals surface area (Å²) in [6.07, 6.45) is -3.11. The largest absolute Gasteiger partial charge is 0.489 e. The van der Waals surface area contributed by atoms with Crippen LogP contribution < -0.4 is 14.8 Å². The summed E-state index contributed by atoms with van der Waals surface area (Å²) in [7, 11) is 1.47. The van der Waals surface area contributed by atoms with E-state index in [1.807, 2.05) is 0 Å². The number of methoxy groups -OCH3 is 1. The summed E-state index contributed by atoms with van der Waals surface area (Å²) in [6.45, 7) is 2.37. The van der Waals surface area contributed by atoms with Gasteiger partial charge in [0.15, 0.2) is 0 Å². The van der Waals surface area contributed by atoms with Crippen LogP contribution in [0.2, 0.25) is 0 Å². The number of carbonyl (C=O) groups excluding carboxylic acids is 1. The lowest BCUT2D eigenvalue weighted by Gasteiger charge is -2.16. The van der Waals surface area contributed by atoms with Crippen LogP contribution in [0.25, 0.3) is 0 Å². The Bertz CT molecular complexity index is 781. The third-order valence-corrected chi connectivity index (χ3v) is 3.40. The maximum Gasteiger partial charge on any atom is 0.416 e. The standard InChI is InChI=1S/C18H19F3N2O4/c1-3-26-17-13(5-4-8-22-17)16(24)23-14-11-12(18(19,20)21)6-7-15(14)27-10-9-25-2/h4-8,11H,3,9-10H2,1-2H3,(H,23,24). The first-order valence-electron chi connectivity index (χ1n) is 8.09. The van der Waals surface area contributed by atoms with E-state index in [2.05, 4.69) is 10.3 Å². The number of aromatic nitrogens is 1. The van der Waals surface area contributed by atoms with Gasteiger partial charge in [-0.15, -0.1) is 0 Å². The summed E-state index contributed by atoms with van der Waals surface area (Å²) in [4.78, 5) is 16.5. The first-order chi connectivity index (χ1) is 12.9. The van der Waals surface area contributed by atoms with Gasteiger partial charge >= 0.3 is 6.18 Å². The fourth-order valence-electron chi connectivity index (χ4n) is 2.17. The number of halogens is 3. The van der Waals surface area contributed by atoms with Gasteiger partial charge in [-0.25, -0.2) is 4.98 Å². The van der Waals surface area contributed by atoms with Crippen LogP contribution >= 0.6 is 0 Å². The fourth-order valence-corrected chi connectivity index (χ4v) is 2.17. The number of hydrogen-bond acceptors (Lipinski definition) is 5. The second-order valence-electron chi connectivity index (χ2n) is 5.29. The average Bonchev–Trinajstić information content (AvgIpc) is 2.63. The molecule has 0 fully saturated rings. The summed E-state index contributed by atoms with van der Waals surface area (Å²) in [6, 6.07) is 5.84. The quantitative estimate of drug-likeness (QED) is 0.702. The predicted octanol–water partition coefficient (Wildman–Crippen LogP) is 3.78. The van der Waals surface area contributed by atoms with Crippen molar-refractivity contribution in [1.82, 2.24) is 4.98 Å². The Morgan fingerprint density at radius 1 is 1.19 bits per heavy atom. The molecule has 1 amide bonds. The minimum atomic E-state index is -4.56. The summed E-state index contributed by atoms with van der Waals surface area (Å²) in [5, 5.41) is 2.44. The molecule has 0 unspecified atom stereocenters. The van der Waals surface area contributed by atoms with E-state index in [0.717, 1.165) is 18.2 Å². The number of nitrogens with one attached hydrogen (secondary N) is 1. The predicted molar refractivity (Wildman–Crippen MR) is 92.2 cm³/mol. The van der Waals surface area contributed by atoms with Crippen LogP contribution in [-0.4, -0.2) is 37.8 Å². The lowest BCUT2D eigenvalue weighted by Crippen LogP contribution is -2.17. The summed E-state index contributed by atoms with van der Waals surface area (Å²) < 4.78 is 54.6. The molecule has 1 aromatic carbocycles. The van der Waals surface area contributed by atoms with Crippen LogP contribution in [-0.2, 0) is 10.9 Å². The first-order valence-corrected chi connectivity index (χ1v) is 8.09. The van der Waals surface area contributed by atoms with Gasteiger partial charge in [-0.2, -0.15) is 13.2 Å². The van der Waals surface area contributed by atoms with Gasteiger partial charge in [-0.1, -0.05) is 0 Å².